The van der Waals surface area contributed by atoms with Crippen molar-refractivity contribution in [3.8, 4) is 5.75 Å². The fourth-order valence-electron chi connectivity index (χ4n) is 1.68. The summed E-state index contributed by atoms with van der Waals surface area (Å²) in [5, 5.41) is 0.670. The molecule has 0 aliphatic carbocycles. The molecule has 0 saturated carbocycles. The van der Waals surface area contributed by atoms with E-state index in [1.165, 1.54) is 5.56 Å². The van der Waals surface area contributed by atoms with Crippen LogP contribution in [-0.2, 0) is 0 Å². The van der Waals surface area contributed by atoms with Crippen molar-refractivity contribution >= 4 is 11.6 Å². The van der Waals surface area contributed by atoms with Crippen LogP contribution >= 0.6 is 11.6 Å². The molecule has 0 aliphatic rings. The van der Waals surface area contributed by atoms with E-state index in [1.54, 1.807) is 7.11 Å². The number of methoxy groups -OCH3 is 1. The summed E-state index contributed by atoms with van der Waals surface area (Å²) in [6, 6.07) is 4.12. The molecule has 1 aromatic rings. The molecule has 1 unspecified atom stereocenters. The van der Waals surface area contributed by atoms with Crippen LogP contribution in [0.2, 0.25) is 5.02 Å². The van der Waals surface area contributed by atoms with Gasteiger partial charge in [-0.25, -0.2) is 0 Å². The lowest BCUT2D eigenvalue weighted by molar-refractivity contribution is 0.406. The average Bonchev–Trinajstić information content (AvgIpc) is 2.26. The molecule has 1 atom stereocenters. The Morgan fingerprint density at radius 3 is 2.38 bits per heavy atom. The Bertz CT molecular complexity index is 363. The van der Waals surface area contributed by atoms with E-state index in [-0.39, 0.29) is 5.92 Å². The van der Waals surface area contributed by atoms with Gasteiger partial charge in [0.2, 0.25) is 0 Å². The zero-order valence-corrected chi connectivity index (χ0v) is 11.1. The highest BCUT2D eigenvalue weighted by Crippen LogP contribution is 2.36. The monoisotopic (exact) mass is 241 g/mol. The first-order valence-corrected chi connectivity index (χ1v) is 5.96. The summed E-state index contributed by atoms with van der Waals surface area (Å²) < 4.78 is 5.35. The minimum absolute atomic E-state index is 0.256. The Labute approximate surface area is 103 Å². The molecular weight excluding hydrogens is 222 g/mol. The zero-order chi connectivity index (χ0) is 12.3. The molecule has 16 heavy (non-hydrogen) atoms. The van der Waals surface area contributed by atoms with Crippen LogP contribution in [0.15, 0.2) is 12.1 Å². The van der Waals surface area contributed by atoms with Crippen molar-refractivity contribution in [2.75, 3.05) is 13.7 Å². The van der Waals surface area contributed by atoms with Crippen LogP contribution < -0.4 is 10.5 Å². The van der Waals surface area contributed by atoms with Crippen molar-refractivity contribution in [3.63, 3.8) is 0 Å². The molecule has 0 saturated heterocycles. The summed E-state index contributed by atoms with van der Waals surface area (Å²) in [6.45, 7) is 6.97. The van der Waals surface area contributed by atoms with Crippen molar-refractivity contribution in [1.29, 1.82) is 0 Å². The van der Waals surface area contributed by atoms with Crippen molar-refractivity contribution in [3.05, 3.63) is 28.3 Å². The highest BCUT2D eigenvalue weighted by Gasteiger charge is 2.16. The van der Waals surface area contributed by atoms with Gasteiger partial charge in [0.1, 0.15) is 5.75 Å². The molecule has 0 heterocycles. The molecule has 0 fully saturated rings. The lowest BCUT2D eigenvalue weighted by atomic mass is 9.94. The molecule has 0 aromatic heterocycles. The first-order chi connectivity index (χ1) is 7.51. The Morgan fingerprint density at radius 1 is 1.31 bits per heavy atom. The molecule has 0 spiro atoms. The molecule has 0 amide bonds. The van der Waals surface area contributed by atoms with Crippen molar-refractivity contribution in [2.24, 2.45) is 5.73 Å². The standard InChI is InChI=1S/C13H20ClNO/c1-8(2)10-5-11(9(3)7-15)13(16-4)12(14)6-10/h5-6,8-9H,7,15H2,1-4H3. The number of hydrogen-bond donors (Lipinski definition) is 1. The van der Waals surface area contributed by atoms with E-state index in [0.29, 0.717) is 17.5 Å². The quantitative estimate of drug-likeness (QED) is 0.875. The van der Waals surface area contributed by atoms with Crippen LogP contribution in [0.1, 0.15) is 43.7 Å². The zero-order valence-electron chi connectivity index (χ0n) is 10.4. The lowest BCUT2D eigenvalue weighted by Crippen LogP contribution is -2.11. The highest BCUT2D eigenvalue weighted by molar-refractivity contribution is 6.32. The average molecular weight is 242 g/mol. The summed E-state index contributed by atoms with van der Waals surface area (Å²) in [5.41, 5.74) is 8.03. The Kier molecular flexibility index (Phi) is 4.63. The summed E-state index contributed by atoms with van der Waals surface area (Å²) in [6.07, 6.45) is 0. The Balaban J connectivity index is 3.30. The molecule has 90 valence electrons. The normalized spacial score (nSPS) is 12.9. The van der Waals surface area contributed by atoms with Gasteiger partial charge >= 0.3 is 0 Å². The van der Waals surface area contributed by atoms with E-state index < -0.39 is 0 Å². The van der Waals surface area contributed by atoms with Gasteiger partial charge < -0.3 is 10.5 Å². The predicted octanol–water partition coefficient (Wildman–Crippen LogP) is 3.53. The van der Waals surface area contributed by atoms with E-state index in [4.69, 9.17) is 22.1 Å². The van der Waals surface area contributed by atoms with E-state index in [9.17, 15) is 0 Å². The first kappa shape index (κ1) is 13.3. The highest BCUT2D eigenvalue weighted by atomic mass is 35.5. The smallest absolute Gasteiger partial charge is 0.140 e. The van der Waals surface area contributed by atoms with Crippen LogP contribution in [0.4, 0.5) is 0 Å². The fraction of sp³-hybridized carbons (Fsp3) is 0.538. The van der Waals surface area contributed by atoms with Gasteiger partial charge in [-0.3, -0.25) is 0 Å². The van der Waals surface area contributed by atoms with Gasteiger partial charge in [-0.15, -0.1) is 0 Å². The second kappa shape index (κ2) is 5.55. The van der Waals surface area contributed by atoms with Gasteiger partial charge in [-0.1, -0.05) is 38.4 Å². The summed E-state index contributed by atoms with van der Waals surface area (Å²) >= 11 is 6.21. The fourth-order valence-corrected chi connectivity index (χ4v) is 1.99. The number of ether oxygens (including phenoxy) is 1. The minimum Gasteiger partial charge on any atom is -0.495 e. The number of nitrogens with two attached hydrogens (primary N) is 1. The van der Waals surface area contributed by atoms with Crippen LogP contribution in [-0.4, -0.2) is 13.7 Å². The molecule has 2 N–H and O–H groups in total. The molecule has 3 heteroatoms. The van der Waals surface area contributed by atoms with Gasteiger partial charge in [-0.2, -0.15) is 0 Å². The summed E-state index contributed by atoms with van der Waals surface area (Å²) in [4.78, 5) is 0. The van der Waals surface area contributed by atoms with Crippen LogP contribution in [0.5, 0.6) is 5.75 Å². The molecule has 2 nitrogen and oxygen atoms in total. The van der Waals surface area contributed by atoms with Crippen molar-refractivity contribution < 1.29 is 4.74 Å². The molecule has 1 rings (SSSR count). The second-order valence-corrected chi connectivity index (χ2v) is 4.82. The Hall–Kier alpha value is -0.730. The van der Waals surface area contributed by atoms with E-state index >= 15 is 0 Å². The van der Waals surface area contributed by atoms with E-state index in [1.807, 2.05) is 6.07 Å². The first-order valence-electron chi connectivity index (χ1n) is 5.58. The largest absolute Gasteiger partial charge is 0.495 e. The van der Waals surface area contributed by atoms with Gasteiger partial charge in [-0.05, 0) is 30.0 Å². The maximum atomic E-state index is 6.21. The number of halogens is 1. The number of rotatable bonds is 4. The third kappa shape index (κ3) is 2.69. The van der Waals surface area contributed by atoms with Crippen molar-refractivity contribution in [2.45, 2.75) is 32.6 Å². The van der Waals surface area contributed by atoms with Crippen LogP contribution in [0, 0.1) is 0 Å². The maximum absolute atomic E-state index is 6.21. The predicted molar refractivity (Wildman–Crippen MR) is 69.6 cm³/mol. The third-order valence-electron chi connectivity index (χ3n) is 2.85. The molecule has 0 radical (unpaired) electrons. The topological polar surface area (TPSA) is 35.2 Å². The molecule has 0 aliphatic heterocycles. The molecule has 0 bridgehead atoms. The van der Waals surface area contributed by atoms with E-state index in [2.05, 4.69) is 26.8 Å². The van der Waals surface area contributed by atoms with Gasteiger partial charge in [0.15, 0.2) is 0 Å². The van der Waals surface area contributed by atoms with E-state index in [0.717, 1.165) is 11.3 Å². The minimum atomic E-state index is 0.256. The molecular formula is C13H20ClNO. The van der Waals surface area contributed by atoms with Gasteiger partial charge in [0, 0.05) is 5.56 Å². The lowest BCUT2D eigenvalue weighted by Gasteiger charge is -2.18. The second-order valence-electron chi connectivity index (χ2n) is 4.42. The Morgan fingerprint density at radius 2 is 1.94 bits per heavy atom. The number of hydrogen-bond acceptors (Lipinski definition) is 2. The summed E-state index contributed by atoms with van der Waals surface area (Å²) in [5.74, 6) is 1.46. The molecule has 1 aromatic carbocycles. The van der Waals surface area contributed by atoms with Crippen molar-refractivity contribution in [1.82, 2.24) is 0 Å². The number of benzene rings is 1. The van der Waals surface area contributed by atoms with Gasteiger partial charge in [0.05, 0.1) is 12.1 Å². The van der Waals surface area contributed by atoms with Gasteiger partial charge in [0.25, 0.3) is 0 Å². The maximum Gasteiger partial charge on any atom is 0.140 e. The summed E-state index contributed by atoms with van der Waals surface area (Å²) in [7, 11) is 1.64. The van der Waals surface area contributed by atoms with Crippen LogP contribution in [0.3, 0.4) is 0 Å². The third-order valence-corrected chi connectivity index (χ3v) is 3.13. The van der Waals surface area contributed by atoms with Crippen LogP contribution in [0.25, 0.3) is 0 Å². The SMILES string of the molecule is COc1c(Cl)cc(C(C)C)cc1C(C)CN.